The van der Waals surface area contributed by atoms with Gasteiger partial charge in [-0.1, -0.05) is 23.2 Å². The molecule has 5 heteroatoms. The summed E-state index contributed by atoms with van der Waals surface area (Å²) in [6, 6.07) is 3.35. The first-order chi connectivity index (χ1) is 8.61. The zero-order valence-corrected chi connectivity index (χ0v) is 11.7. The summed E-state index contributed by atoms with van der Waals surface area (Å²) in [4.78, 5) is 13.9. The Bertz CT molecular complexity index is 457. The van der Waals surface area contributed by atoms with Crippen LogP contribution < -0.4 is 4.74 Å². The van der Waals surface area contributed by atoms with Crippen LogP contribution in [0.2, 0.25) is 10.0 Å². The largest absolute Gasteiger partial charge is 0.495 e. The van der Waals surface area contributed by atoms with Gasteiger partial charge in [0.05, 0.1) is 18.6 Å². The summed E-state index contributed by atoms with van der Waals surface area (Å²) in [5, 5.41) is 0.995. The second-order valence-corrected chi connectivity index (χ2v) is 5.16. The number of halogens is 2. The number of likely N-dealkylation sites (tertiary alicyclic amines) is 1. The summed E-state index contributed by atoms with van der Waals surface area (Å²) in [6.45, 7) is 1.70. The molecule has 0 aromatic heterocycles. The third-order valence-corrected chi connectivity index (χ3v) is 3.77. The number of rotatable bonds is 3. The Morgan fingerprint density at radius 3 is 2.56 bits per heavy atom. The highest BCUT2D eigenvalue weighted by Gasteiger charge is 2.19. The summed E-state index contributed by atoms with van der Waals surface area (Å²) in [5.41, 5.74) is 0.749. The van der Waals surface area contributed by atoms with Crippen LogP contribution in [0.3, 0.4) is 0 Å². The number of carbonyl (C=O) groups excluding carboxylic acids is 1. The molecule has 0 bridgehead atoms. The molecule has 2 rings (SSSR count). The number of hydrogen-bond donors (Lipinski definition) is 0. The standard InChI is InChI=1S/C13H15Cl2NO2/c1-18-12-8-10(14)9(6-11(12)15)7-13(17)16-4-2-3-5-16/h6,8H,2-5,7H2,1H3. The van der Waals surface area contributed by atoms with Gasteiger partial charge in [0, 0.05) is 24.2 Å². The van der Waals surface area contributed by atoms with E-state index < -0.39 is 0 Å². The highest BCUT2D eigenvalue weighted by atomic mass is 35.5. The van der Waals surface area contributed by atoms with Crippen molar-refractivity contribution >= 4 is 29.1 Å². The highest BCUT2D eigenvalue weighted by molar-refractivity contribution is 6.34. The van der Waals surface area contributed by atoms with E-state index in [1.165, 1.54) is 7.11 Å². The smallest absolute Gasteiger partial charge is 0.227 e. The molecule has 1 amide bonds. The van der Waals surface area contributed by atoms with Crippen molar-refractivity contribution in [2.45, 2.75) is 19.3 Å². The van der Waals surface area contributed by atoms with E-state index in [2.05, 4.69) is 0 Å². The summed E-state index contributed by atoms with van der Waals surface area (Å²) in [5.74, 6) is 0.634. The molecule has 98 valence electrons. The maximum Gasteiger partial charge on any atom is 0.227 e. The first-order valence-corrected chi connectivity index (χ1v) is 6.67. The van der Waals surface area contributed by atoms with Crippen LogP contribution in [0, 0.1) is 0 Å². The number of nitrogens with zero attached hydrogens (tertiary/aromatic N) is 1. The van der Waals surface area contributed by atoms with Crippen molar-refractivity contribution < 1.29 is 9.53 Å². The molecule has 0 atom stereocenters. The van der Waals surface area contributed by atoms with Gasteiger partial charge in [0.2, 0.25) is 5.91 Å². The van der Waals surface area contributed by atoms with Crippen molar-refractivity contribution in [1.82, 2.24) is 4.90 Å². The Hall–Kier alpha value is -0.930. The molecule has 1 heterocycles. The minimum Gasteiger partial charge on any atom is -0.495 e. The Kier molecular flexibility index (Phi) is 4.36. The SMILES string of the molecule is COc1cc(Cl)c(CC(=O)N2CCCC2)cc1Cl. The predicted molar refractivity (Wildman–Crippen MR) is 72.5 cm³/mol. The summed E-state index contributed by atoms with van der Waals surface area (Å²) in [7, 11) is 1.53. The van der Waals surface area contributed by atoms with E-state index in [4.69, 9.17) is 27.9 Å². The van der Waals surface area contributed by atoms with Gasteiger partial charge in [0.25, 0.3) is 0 Å². The van der Waals surface area contributed by atoms with Crippen molar-refractivity contribution in [1.29, 1.82) is 0 Å². The molecule has 1 saturated heterocycles. The molecule has 1 aromatic carbocycles. The molecule has 1 aliphatic rings. The molecule has 0 spiro atoms. The van der Waals surface area contributed by atoms with Crippen LogP contribution in [0.15, 0.2) is 12.1 Å². The quantitative estimate of drug-likeness (QED) is 0.855. The van der Waals surface area contributed by atoms with E-state index in [0.29, 0.717) is 22.2 Å². The molecule has 1 fully saturated rings. The van der Waals surface area contributed by atoms with Crippen LogP contribution in [0.25, 0.3) is 0 Å². The average Bonchev–Trinajstić information content (AvgIpc) is 2.87. The maximum atomic E-state index is 12.0. The zero-order chi connectivity index (χ0) is 13.1. The Morgan fingerprint density at radius 1 is 1.28 bits per heavy atom. The monoisotopic (exact) mass is 287 g/mol. The number of benzene rings is 1. The van der Waals surface area contributed by atoms with Gasteiger partial charge in [-0.25, -0.2) is 0 Å². The van der Waals surface area contributed by atoms with Crippen molar-refractivity contribution in [2.24, 2.45) is 0 Å². The summed E-state index contributed by atoms with van der Waals surface area (Å²) < 4.78 is 5.07. The second-order valence-electron chi connectivity index (χ2n) is 4.34. The summed E-state index contributed by atoms with van der Waals surface area (Å²) >= 11 is 12.2. The number of ether oxygens (including phenoxy) is 1. The van der Waals surface area contributed by atoms with Crippen LogP contribution in [0.5, 0.6) is 5.75 Å². The highest BCUT2D eigenvalue weighted by Crippen LogP contribution is 2.31. The van der Waals surface area contributed by atoms with E-state index in [1.807, 2.05) is 4.90 Å². The fourth-order valence-electron chi connectivity index (χ4n) is 2.10. The van der Waals surface area contributed by atoms with Gasteiger partial charge in [-0.05, 0) is 24.5 Å². The van der Waals surface area contributed by atoms with E-state index in [1.54, 1.807) is 12.1 Å². The molecule has 1 aliphatic heterocycles. The average molecular weight is 288 g/mol. The van der Waals surface area contributed by atoms with Gasteiger partial charge in [-0.2, -0.15) is 0 Å². The van der Waals surface area contributed by atoms with Crippen LogP contribution in [-0.2, 0) is 11.2 Å². The number of methoxy groups -OCH3 is 1. The molecule has 0 unspecified atom stereocenters. The zero-order valence-electron chi connectivity index (χ0n) is 10.2. The Morgan fingerprint density at radius 2 is 1.94 bits per heavy atom. The van der Waals surface area contributed by atoms with E-state index in [0.717, 1.165) is 31.5 Å². The molecule has 18 heavy (non-hydrogen) atoms. The molecule has 0 aliphatic carbocycles. The molecule has 0 saturated carbocycles. The first-order valence-electron chi connectivity index (χ1n) is 5.91. The van der Waals surface area contributed by atoms with E-state index in [9.17, 15) is 4.79 Å². The second kappa shape index (κ2) is 5.81. The van der Waals surface area contributed by atoms with Gasteiger partial charge >= 0.3 is 0 Å². The van der Waals surface area contributed by atoms with Crippen molar-refractivity contribution in [3.05, 3.63) is 27.7 Å². The van der Waals surface area contributed by atoms with Gasteiger partial charge in [0.15, 0.2) is 0 Å². The van der Waals surface area contributed by atoms with Crippen LogP contribution in [0.1, 0.15) is 18.4 Å². The molecular weight excluding hydrogens is 273 g/mol. The molecule has 0 N–H and O–H groups in total. The Labute approximate surface area is 117 Å². The lowest BCUT2D eigenvalue weighted by Crippen LogP contribution is -2.29. The van der Waals surface area contributed by atoms with Gasteiger partial charge < -0.3 is 9.64 Å². The van der Waals surface area contributed by atoms with Gasteiger partial charge in [-0.15, -0.1) is 0 Å². The lowest BCUT2D eigenvalue weighted by Gasteiger charge is -2.16. The molecule has 1 aromatic rings. The van der Waals surface area contributed by atoms with E-state index >= 15 is 0 Å². The maximum absolute atomic E-state index is 12.0. The molecular formula is C13H15Cl2NO2. The molecule has 0 radical (unpaired) electrons. The third-order valence-electron chi connectivity index (χ3n) is 3.12. The fourth-order valence-corrected chi connectivity index (χ4v) is 2.59. The number of carbonyl (C=O) groups is 1. The predicted octanol–water partition coefficient (Wildman–Crippen LogP) is 3.17. The van der Waals surface area contributed by atoms with Crippen molar-refractivity contribution in [2.75, 3.05) is 20.2 Å². The fraction of sp³-hybridized carbons (Fsp3) is 0.462. The topological polar surface area (TPSA) is 29.5 Å². The van der Waals surface area contributed by atoms with Crippen molar-refractivity contribution in [3.8, 4) is 5.75 Å². The number of amides is 1. The summed E-state index contributed by atoms with van der Waals surface area (Å²) in [6.07, 6.45) is 2.47. The minimum absolute atomic E-state index is 0.107. The van der Waals surface area contributed by atoms with Gasteiger partial charge in [0.1, 0.15) is 5.75 Å². The Balaban J connectivity index is 2.13. The molecule has 3 nitrogen and oxygen atoms in total. The lowest BCUT2D eigenvalue weighted by atomic mass is 10.1. The van der Waals surface area contributed by atoms with Gasteiger partial charge in [-0.3, -0.25) is 4.79 Å². The third kappa shape index (κ3) is 2.90. The lowest BCUT2D eigenvalue weighted by molar-refractivity contribution is -0.129. The first kappa shape index (κ1) is 13.5. The van der Waals surface area contributed by atoms with Crippen LogP contribution in [0.4, 0.5) is 0 Å². The van der Waals surface area contributed by atoms with Crippen molar-refractivity contribution in [3.63, 3.8) is 0 Å². The minimum atomic E-state index is 0.107. The van der Waals surface area contributed by atoms with Crippen LogP contribution in [-0.4, -0.2) is 31.0 Å². The van der Waals surface area contributed by atoms with E-state index in [-0.39, 0.29) is 5.91 Å². The van der Waals surface area contributed by atoms with Crippen LogP contribution >= 0.6 is 23.2 Å². The normalized spacial score (nSPS) is 14.9. The number of hydrogen-bond acceptors (Lipinski definition) is 2.